The summed E-state index contributed by atoms with van der Waals surface area (Å²) in [5.74, 6) is 0.104. The van der Waals surface area contributed by atoms with Gasteiger partial charge in [0.05, 0.1) is 6.10 Å². The number of piperidine rings is 1. The summed E-state index contributed by atoms with van der Waals surface area (Å²) in [6, 6.07) is 2.53. The normalized spacial score (nSPS) is 24.4. The van der Waals surface area contributed by atoms with Crippen LogP contribution in [0.5, 0.6) is 0 Å². The van der Waals surface area contributed by atoms with E-state index in [2.05, 4.69) is 17.2 Å². The van der Waals surface area contributed by atoms with Crippen molar-refractivity contribution in [1.82, 2.24) is 20.1 Å². The fraction of sp³-hybridized carbons (Fsp3) is 0.720. The number of piperazine rings is 1. The van der Waals surface area contributed by atoms with Crippen LogP contribution in [0.15, 0.2) is 18.3 Å². The van der Waals surface area contributed by atoms with E-state index in [1.165, 1.54) is 0 Å². The van der Waals surface area contributed by atoms with Gasteiger partial charge in [-0.25, -0.2) is 4.98 Å². The molecule has 1 aromatic heterocycles. The Bertz CT molecular complexity index is 861. The molecule has 5 N–H and O–H groups in total. The van der Waals surface area contributed by atoms with Gasteiger partial charge in [0, 0.05) is 31.4 Å². The highest BCUT2D eigenvalue weighted by Crippen LogP contribution is 2.37. The highest BCUT2D eigenvalue weighted by molar-refractivity contribution is 6.00. The van der Waals surface area contributed by atoms with E-state index < -0.39 is 23.9 Å². The number of amides is 2. The molecule has 3 fully saturated rings. The maximum atomic E-state index is 13.7. The van der Waals surface area contributed by atoms with E-state index in [-0.39, 0.29) is 42.5 Å². The molecule has 4 rings (SSSR count). The summed E-state index contributed by atoms with van der Waals surface area (Å²) in [4.78, 5) is 34.9. The van der Waals surface area contributed by atoms with E-state index in [0.29, 0.717) is 43.9 Å². The molecular formula is C25H41Cl2N5O4. The number of unbranched alkanes of at least 4 members (excludes halogenated alkanes) is 1. The second kappa shape index (κ2) is 13.2. The number of nitrogens with one attached hydrogen (secondary N) is 1. The van der Waals surface area contributed by atoms with Gasteiger partial charge in [-0.2, -0.15) is 0 Å². The van der Waals surface area contributed by atoms with Gasteiger partial charge in [-0.3, -0.25) is 14.5 Å². The summed E-state index contributed by atoms with van der Waals surface area (Å²) in [6.07, 6.45) is 7.50. The third kappa shape index (κ3) is 6.07. The number of carbonyl (C=O) groups is 2. The maximum absolute atomic E-state index is 13.7. The molecule has 3 atom stereocenters. The Hall–Kier alpha value is -1.65. The number of aliphatic hydroxyl groups is 2. The highest BCUT2D eigenvalue weighted by atomic mass is 35.5. The minimum Gasteiger partial charge on any atom is -0.390 e. The summed E-state index contributed by atoms with van der Waals surface area (Å²) < 4.78 is 0. The smallest absolute Gasteiger partial charge is 0.248 e. The number of anilines is 1. The number of likely N-dealkylation sites (tertiary alicyclic amines) is 1. The first-order valence-corrected chi connectivity index (χ1v) is 12.8. The van der Waals surface area contributed by atoms with Gasteiger partial charge in [0.15, 0.2) is 0 Å². The molecule has 9 nitrogen and oxygen atoms in total. The molecule has 2 aliphatic heterocycles. The lowest BCUT2D eigenvalue weighted by Gasteiger charge is -2.53. The monoisotopic (exact) mass is 545 g/mol. The predicted octanol–water partition coefficient (Wildman–Crippen LogP) is 2.40. The number of aromatic nitrogens is 1. The minimum absolute atomic E-state index is 0. The lowest BCUT2D eigenvalue weighted by molar-refractivity contribution is -0.167. The number of carbonyl (C=O) groups excluding carboxylic acids is 2. The van der Waals surface area contributed by atoms with Crippen molar-refractivity contribution in [1.29, 1.82) is 0 Å². The van der Waals surface area contributed by atoms with Crippen molar-refractivity contribution in [2.75, 3.05) is 25.4 Å². The van der Waals surface area contributed by atoms with E-state index in [0.717, 1.165) is 44.9 Å². The Morgan fingerprint density at radius 2 is 1.81 bits per heavy atom. The average molecular weight is 547 g/mol. The van der Waals surface area contributed by atoms with Crippen molar-refractivity contribution in [3.8, 4) is 0 Å². The lowest BCUT2D eigenvalue weighted by Crippen LogP contribution is -2.75. The van der Waals surface area contributed by atoms with Crippen LogP contribution in [0.25, 0.3) is 0 Å². The number of aliphatic hydroxyl groups excluding tert-OH is 2. The Labute approximate surface area is 226 Å². The summed E-state index contributed by atoms with van der Waals surface area (Å²) >= 11 is 0. The van der Waals surface area contributed by atoms with Gasteiger partial charge in [0.1, 0.15) is 23.6 Å². The van der Waals surface area contributed by atoms with E-state index in [1.54, 1.807) is 23.2 Å². The minimum atomic E-state index is -0.940. The standard InChI is InChI=1S/C25H39N5O4.2ClH/c1-2-3-13-30-23(33)20(21(31)17-7-5-4-6-8-17)28-24(34)25(30)11-14-29(15-12-25)22(32)18-9-10-19(26)27-16-18;;/h9-10,16-17,20-22,31-32H,2-8,11-15H2,1H3,(H2,26,27)(H,28,34);2*1H/t20-,21-,22?;;/m1../s1. The SMILES string of the molecule is CCCCN1C(=O)[C@@H]([C@H](O)C2CCCCC2)NC(=O)C12CCN(C(O)c1ccc(N)nc1)CC2.Cl.Cl. The van der Waals surface area contributed by atoms with Crippen LogP contribution >= 0.6 is 24.8 Å². The van der Waals surface area contributed by atoms with E-state index in [9.17, 15) is 19.8 Å². The topological polar surface area (TPSA) is 132 Å². The van der Waals surface area contributed by atoms with Crippen LogP contribution in [0, 0.1) is 5.92 Å². The van der Waals surface area contributed by atoms with E-state index in [4.69, 9.17) is 5.73 Å². The zero-order chi connectivity index (χ0) is 24.3. The van der Waals surface area contributed by atoms with Crippen LogP contribution in [0.3, 0.4) is 0 Å². The summed E-state index contributed by atoms with van der Waals surface area (Å²) in [5.41, 5.74) is 5.36. The molecule has 2 amide bonds. The number of hydrogen-bond donors (Lipinski definition) is 4. The zero-order valence-electron chi connectivity index (χ0n) is 21.0. The second-order valence-corrected chi connectivity index (χ2v) is 10.1. The Morgan fingerprint density at radius 1 is 1.14 bits per heavy atom. The molecule has 204 valence electrons. The largest absolute Gasteiger partial charge is 0.390 e. The number of pyridine rings is 1. The molecule has 2 saturated heterocycles. The van der Waals surface area contributed by atoms with Crippen molar-refractivity contribution < 1.29 is 19.8 Å². The summed E-state index contributed by atoms with van der Waals surface area (Å²) in [7, 11) is 0. The first-order chi connectivity index (χ1) is 16.4. The van der Waals surface area contributed by atoms with Crippen molar-refractivity contribution >= 4 is 42.4 Å². The molecule has 3 aliphatic rings. The lowest BCUT2D eigenvalue weighted by atomic mass is 9.77. The van der Waals surface area contributed by atoms with Crippen molar-refractivity contribution in [3.63, 3.8) is 0 Å². The van der Waals surface area contributed by atoms with Gasteiger partial charge in [-0.05, 0) is 50.2 Å². The summed E-state index contributed by atoms with van der Waals surface area (Å²) in [5, 5.41) is 24.8. The number of halogens is 2. The van der Waals surface area contributed by atoms with Gasteiger partial charge in [0.2, 0.25) is 11.8 Å². The van der Waals surface area contributed by atoms with Gasteiger partial charge >= 0.3 is 0 Å². The third-order valence-electron chi connectivity index (χ3n) is 8.05. The van der Waals surface area contributed by atoms with Crippen LogP contribution in [0.4, 0.5) is 5.82 Å². The molecular weight excluding hydrogens is 505 g/mol. The molecule has 11 heteroatoms. The Balaban J connectivity index is 0.00000228. The molecule has 0 bridgehead atoms. The number of nitrogen functional groups attached to an aromatic ring is 1. The van der Waals surface area contributed by atoms with Crippen molar-refractivity contribution in [2.45, 2.75) is 88.6 Å². The number of nitrogens with two attached hydrogens (primary N) is 1. The van der Waals surface area contributed by atoms with Gasteiger partial charge in [-0.15, -0.1) is 24.8 Å². The Morgan fingerprint density at radius 3 is 2.39 bits per heavy atom. The molecule has 1 saturated carbocycles. The van der Waals surface area contributed by atoms with Gasteiger partial charge in [0.25, 0.3) is 0 Å². The Kier molecular flexibility index (Phi) is 11.2. The molecule has 1 unspecified atom stereocenters. The van der Waals surface area contributed by atoms with Crippen LogP contribution in [-0.2, 0) is 9.59 Å². The number of hydrogen-bond acceptors (Lipinski definition) is 7. The third-order valence-corrected chi connectivity index (χ3v) is 8.05. The van der Waals surface area contributed by atoms with Crippen molar-refractivity contribution in [3.05, 3.63) is 23.9 Å². The van der Waals surface area contributed by atoms with Crippen LogP contribution in [-0.4, -0.2) is 74.1 Å². The molecule has 3 heterocycles. The number of nitrogens with zero attached hydrogens (tertiary/aromatic N) is 3. The number of rotatable bonds is 7. The molecule has 1 aromatic rings. The van der Waals surface area contributed by atoms with Crippen LogP contribution < -0.4 is 11.1 Å². The molecule has 36 heavy (non-hydrogen) atoms. The first kappa shape index (κ1) is 30.6. The van der Waals surface area contributed by atoms with Crippen molar-refractivity contribution in [2.24, 2.45) is 5.92 Å². The predicted molar refractivity (Wildman–Crippen MR) is 143 cm³/mol. The van der Waals surface area contributed by atoms with Gasteiger partial charge < -0.3 is 26.2 Å². The molecule has 0 aromatic carbocycles. The second-order valence-electron chi connectivity index (χ2n) is 10.1. The maximum Gasteiger partial charge on any atom is 0.248 e. The summed E-state index contributed by atoms with van der Waals surface area (Å²) in [6.45, 7) is 3.49. The molecule has 0 radical (unpaired) electrons. The average Bonchev–Trinajstić information content (AvgIpc) is 2.87. The van der Waals surface area contributed by atoms with Crippen LogP contribution in [0.1, 0.15) is 76.5 Å². The first-order valence-electron chi connectivity index (χ1n) is 12.8. The fourth-order valence-electron chi connectivity index (χ4n) is 5.87. The fourth-order valence-corrected chi connectivity index (χ4v) is 5.87. The van der Waals surface area contributed by atoms with Gasteiger partial charge in [-0.1, -0.05) is 32.6 Å². The molecule has 1 spiro atoms. The van der Waals surface area contributed by atoms with E-state index >= 15 is 0 Å². The quantitative estimate of drug-likeness (QED) is 0.413. The molecule has 1 aliphatic carbocycles. The van der Waals surface area contributed by atoms with Crippen LogP contribution in [0.2, 0.25) is 0 Å². The van der Waals surface area contributed by atoms with E-state index in [1.807, 2.05) is 4.90 Å². The zero-order valence-corrected chi connectivity index (χ0v) is 22.6. The highest BCUT2D eigenvalue weighted by Gasteiger charge is 2.55.